The number of hydrogen-bond donors (Lipinski definition) is 0. The summed E-state index contributed by atoms with van der Waals surface area (Å²) in [5, 5.41) is 0. The summed E-state index contributed by atoms with van der Waals surface area (Å²) in [6.45, 7) is 0. The zero-order valence-electron chi connectivity index (χ0n) is 31.3. The minimum Gasteiger partial charge on any atom is -0.208 e. The molecule has 8 aromatic rings. The quantitative estimate of drug-likeness (QED) is 0.111. The highest BCUT2D eigenvalue weighted by atomic mass is 14.9. The van der Waals surface area contributed by atoms with Crippen molar-refractivity contribution >= 4 is 11.1 Å². The Labute approximate surface area is 318 Å². The van der Waals surface area contributed by atoms with Crippen LogP contribution in [0.25, 0.3) is 55.7 Å². The van der Waals surface area contributed by atoms with Gasteiger partial charge in [0.25, 0.3) is 0 Å². The van der Waals surface area contributed by atoms with Crippen LogP contribution in [0.15, 0.2) is 195 Å². The first-order chi connectivity index (χ1) is 26.4. The number of aromatic nitrogens is 4. The highest BCUT2D eigenvalue weighted by Crippen LogP contribution is 2.39. The van der Waals surface area contributed by atoms with Crippen molar-refractivity contribution in [3.8, 4) is 44.5 Å². The molecule has 0 bridgehead atoms. The number of aryl methyl sites for hydroxylation is 4. The Hall–Kier alpha value is -6.78. The molecule has 4 heterocycles. The molecule has 4 nitrogen and oxygen atoms in total. The summed E-state index contributed by atoms with van der Waals surface area (Å²) in [4.78, 5) is 0. The largest absolute Gasteiger partial charge is 0.208 e. The minimum atomic E-state index is 1.16. The van der Waals surface area contributed by atoms with Crippen molar-refractivity contribution in [2.75, 3.05) is 0 Å². The number of rotatable bonds is 8. The van der Waals surface area contributed by atoms with Gasteiger partial charge < -0.3 is 0 Å². The zero-order chi connectivity index (χ0) is 37.0. The van der Waals surface area contributed by atoms with E-state index in [1.54, 1.807) is 0 Å². The van der Waals surface area contributed by atoms with E-state index in [1.807, 2.05) is 28.2 Å². The SMILES string of the molecule is C[n+]1ccc(-c2ccc(C(=C(c3ccc(-c4cc[n+](C)cc4)cc3)c3ccc(-c4cc[n+](C)cc4)cc3)c3ccc(-c4cc[n+](C)cc4)cc3)cc2)cc1. The lowest BCUT2D eigenvalue weighted by Gasteiger charge is -2.19. The minimum absolute atomic E-state index is 1.16. The van der Waals surface area contributed by atoms with Crippen LogP contribution >= 0.6 is 0 Å². The first kappa shape index (κ1) is 34.3. The summed E-state index contributed by atoms with van der Waals surface area (Å²) < 4.78 is 8.26. The molecule has 0 saturated carbocycles. The first-order valence-electron chi connectivity index (χ1n) is 18.4. The molecule has 0 saturated heterocycles. The maximum atomic E-state index is 2.28. The van der Waals surface area contributed by atoms with E-state index in [2.05, 4.69) is 213 Å². The van der Waals surface area contributed by atoms with E-state index < -0.39 is 0 Å². The first-order valence-corrected chi connectivity index (χ1v) is 18.4. The van der Waals surface area contributed by atoms with E-state index >= 15 is 0 Å². The summed E-state index contributed by atoms with van der Waals surface area (Å²) in [7, 11) is 8.20. The predicted molar refractivity (Wildman–Crippen MR) is 217 cm³/mol. The fraction of sp³-hybridized carbons (Fsp3) is 0.0800. The predicted octanol–water partition coefficient (Wildman–Crippen LogP) is 8.66. The zero-order valence-corrected chi connectivity index (χ0v) is 31.3. The van der Waals surface area contributed by atoms with Crippen molar-refractivity contribution in [1.29, 1.82) is 0 Å². The van der Waals surface area contributed by atoms with Crippen molar-refractivity contribution in [3.63, 3.8) is 0 Å². The molecule has 0 aliphatic carbocycles. The molecular weight excluding hydrogens is 657 g/mol. The molecular formula is C50H44N4+4. The van der Waals surface area contributed by atoms with Gasteiger partial charge in [0.05, 0.1) is 0 Å². The molecule has 0 radical (unpaired) electrons. The fourth-order valence-corrected chi connectivity index (χ4v) is 7.00. The third kappa shape index (κ3) is 7.41. The van der Waals surface area contributed by atoms with Crippen molar-refractivity contribution in [2.45, 2.75) is 0 Å². The summed E-state index contributed by atoms with van der Waals surface area (Å²) in [5.74, 6) is 0. The van der Waals surface area contributed by atoms with Crippen molar-refractivity contribution < 1.29 is 18.3 Å². The average molecular weight is 701 g/mol. The number of hydrogen-bond acceptors (Lipinski definition) is 0. The Bertz CT molecular complexity index is 2170. The van der Waals surface area contributed by atoms with Crippen LogP contribution < -0.4 is 18.3 Å². The topological polar surface area (TPSA) is 15.5 Å². The van der Waals surface area contributed by atoms with Crippen LogP contribution in [0.1, 0.15) is 22.3 Å². The van der Waals surface area contributed by atoms with E-state index in [-0.39, 0.29) is 0 Å². The maximum absolute atomic E-state index is 2.28. The van der Waals surface area contributed by atoms with Crippen LogP contribution in [0, 0.1) is 0 Å². The van der Waals surface area contributed by atoms with Gasteiger partial charge in [-0.25, -0.2) is 18.3 Å². The van der Waals surface area contributed by atoms with E-state index in [0.717, 1.165) is 22.3 Å². The summed E-state index contributed by atoms with van der Waals surface area (Å²) in [5.41, 5.74) is 16.6. The summed E-state index contributed by atoms with van der Waals surface area (Å²) in [6.07, 6.45) is 16.8. The normalized spacial score (nSPS) is 11.0. The Kier molecular flexibility index (Phi) is 9.57. The molecule has 4 aromatic heterocycles. The molecule has 0 fully saturated rings. The number of nitrogens with zero attached hydrogens (tertiary/aromatic N) is 4. The molecule has 0 aliphatic heterocycles. The van der Waals surface area contributed by atoms with Crippen LogP contribution in [0.3, 0.4) is 0 Å². The van der Waals surface area contributed by atoms with Gasteiger partial charge in [-0.3, -0.25) is 0 Å². The fourth-order valence-electron chi connectivity index (χ4n) is 7.00. The van der Waals surface area contributed by atoms with Gasteiger partial charge >= 0.3 is 0 Å². The molecule has 0 N–H and O–H groups in total. The van der Waals surface area contributed by atoms with Gasteiger partial charge in [-0.05, 0) is 77.9 Å². The Balaban J connectivity index is 1.32. The molecule has 8 rings (SSSR count). The van der Waals surface area contributed by atoms with E-state index in [0.29, 0.717) is 0 Å². The van der Waals surface area contributed by atoms with Gasteiger partial charge in [0.1, 0.15) is 28.2 Å². The number of benzene rings is 4. The Morgan fingerprint density at radius 3 is 0.537 bits per heavy atom. The summed E-state index contributed by atoms with van der Waals surface area (Å²) in [6, 6.07) is 53.5. The standard InChI is InChI=1S/C50H44N4/c1-51-29-21-41(22-30-51)37-5-13-45(14-6-37)49(46-15-7-38(8-16-46)42-23-31-52(2)32-24-42)50(47-17-9-39(10-18-47)43-25-33-53(3)34-26-43)48-19-11-40(12-20-48)44-27-35-54(4)36-28-44/h5-36H,1-4H3/q+4. The summed E-state index contributed by atoms with van der Waals surface area (Å²) >= 11 is 0. The van der Waals surface area contributed by atoms with Crippen molar-refractivity contribution in [1.82, 2.24) is 0 Å². The van der Waals surface area contributed by atoms with Crippen LogP contribution in [0.5, 0.6) is 0 Å². The van der Waals surface area contributed by atoms with Crippen LogP contribution in [-0.4, -0.2) is 0 Å². The average Bonchev–Trinajstić information content (AvgIpc) is 3.22. The van der Waals surface area contributed by atoms with Gasteiger partial charge in [0.15, 0.2) is 49.6 Å². The van der Waals surface area contributed by atoms with Gasteiger partial charge in [-0.2, -0.15) is 0 Å². The Morgan fingerprint density at radius 2 is 0.370 bits per heavy atom. The Morgan fingerprint density at radius 1 is 0.222 bits per heavy atom. The second-order valence-electron chi connectivity index (χ2n) is 14.1. The van der Waals surface area contributed by atoms with Crippen LogP contribution in [0.4, 0.5) is 0 Å². The molecule has 0 amide bonds. The monoisotopic (exact) mass is 700 g/mol. The van der Waals surface area contributed by atoms with Crippen molar-refractivity contribution in [3.05, 3.63) is 217 Å². The lowest BCUT2D eigenvalue weighted by atomic mass is 9.84. The molecule has 260 valence electrons. The van der Waals surface area contributed by atoms with Gasteiger partial charge in [0.2, 0.25) is 0 Å². The second-order valence-corrected chi connectivity index (χ2v) is 14.1. The van der Waals surface area contributed by atoms with Gasteiger partial charge in [0, 0.05) is 48.5 Å². The molecule has 0 spiro atoms. The van der Waals surface area contributed by atoms with Crippen LogP contribution in [0.2, 0.25) is 0 Å². The molecule has 0 unspecified atom stereocenters. The third-order valence-electron chi connectivity index (χ3n) is 10.2. The second kappa shape index (κ2) is 15.1. The highest BCUT2D eigenvalue weighted by molar-refractivity contribution is 6.05. The third-order valence-corrected chi connectivity index (χ3v) is 10.2. The molecule has 0 aliphatic rings. The molecule has 4 aromatic carbocycles. The molecule has 54 heavy (non-hydrogen) atoms. The number of pyridine rings is 4. The van der Waals surface area contributed by atoms with Gasteiger partial charge in [-0.15, -0.1) is 0 Å². The van der Waals surface area contributed by atoms with Gasteiger partial charge in [-0.1, -0.05) is 97.1 Å². The molecule has 4 heteroatoms. The van der Waals surface area contributed by atoms with Crippen molar-refractivity contribution in [2.24, 2.45) is 28.2 Å². The molecule has 0 atom stereocenters. The smallest absolute Gasteiger partial charge is 0.169 e. The maximum Gasteiger partial charge on any atom is 0.169 e. The lowest BCUT2D eigenvalue weighted by Crippen LogP contribution is -2.25. The highest BCUT2D eigenvalue weighted by Gasteiger charge is 2.18. The van der Waals surface area contributed by atoms with E-state index in [9.17, 15) is 0 Å². The van der Waals surface area contributed by atoms with E-state index in [1.165, 1.54) is 55.7 Å². The van der Waals surface area contributed by atoms with Crippen LogP contribution in [-0.2, 0) is 28.2 Å². The van der Waals surface area contributed by atoms with E-state index in [4.69, 9.17) is 0 Å². The lowest BCUT2D eigenvalue weighted by molar-refractivity contribution is -0.671.